The summed E-state index contributed by atoms with van der Waals surface area (Å²) in [5.41, 5.74) is -0.0442. The van der Waals surface area contributed by atoms with E-state index in [1.807, 2.05) is 0 Å². The predicted molar refractivity (Wildman–Crippen MR) is 88.6 cm³/mol. The molecule has 0 atom stereocenters. The van der Waals surface area contributed by atoms with Crippen molar-refractivity contribution < 1.29 is 22.3 Å². The Labute approximate surface area is 143 Å². The second-order valence-electron chi connectivity index (χ2n) is 4.65. The number of carbonyl (C=O) groups is 1. The average Bonchev–Trinajstić information content (AvgIpc) is 2.56. The highest BCUT2D eigenvalue weighted by Crippen LogP contribution is 2.25. The number of hydrogen-bond donors (Lipinski definition) is 2. The lowest BCUT2D eigenvalue weighted by Crippen LogP contribution is -2.20. The van der Waals surface area contributed by atoms with Crippen molar-refractivity contribution in [3.8, 4) is 5.75 Å². The summed E-state index contributed by atoms with van der Waals surface area (Å²) < 4.78 is 44.9. The van der Waals surface area contributed by atoms with E-state index in [1.54, 1.807) is 0 Å². The quantitative estimate of drug-likeness (QED) is 0.845. The molecule has 0 unspecified atom stereocenters. The zero-order chi connectivity index (χ0) is 17.9. The minimum Gasteiger partial charge on any atom is -0.495 e. The number of ether oxygens (including phenoxy) is 1. The summed E-state index contributed by atoms with van der Waals surface area (Å²) in [5, 5.41) is 2.55. The van der Waals surface area contributed by atoms with Gasteiger partial charge in [0, 0.05) is 10.6 Å². The number of benzene rings is 2. The molecule has 0 saturated heterocycles. The van der Waals surface area contributed by atoms with Crippen molar-refractivity contribution in [2.45, 2.75) is 4.90 Å². The summed E-state index contributed by atoms with van der Waals surface area (Å²) in [6.45, 7) is 0. The van der Waals surface area contributed by atoms with E-state index in [0.717, 1.165) is 12.1 Å². The molecular formula is C15H14ClFN2O4S. The third-order valence-electron chi connectivity index (χ3n) is 3.16. The number of halogens is 2. The topological polar surface area (TPSA) is 84.5 Å². The van der Waals surface area contributed by atoms with Crippen LogP contribution in [-0.4, -0.2) is 28.5 Å². The normalized spacial score (nSPS) is 11.2. The van der Waals surface area contributed by atoms with Crippen molar-refractivity contribution in [2.75, 3.05) is 19.5 Å². The third kappa shape index (κ3) is 3.84. The first kappa shape index (κ1) is 18.2. The van der Waals surface area contributed by atoms with Crippen LogP contribution in [0.3, 0.4) is 0 Å². The smallest absolute Gasteiger partial charge is 0.255 e. The SMILES string of the molecule is CNS(=O)(=O)c1cc(C(=O)Nc2ccc(Cl)cc2F)ccc1OC. The van der Waals surface area contributed by atoms with Crippen LogP contribution < -0.4 is 14.8 Å². The maximum atomic E-state index is 13.7. The molecule has 0 saturated carbocycles. The minimum atomic E-state index is -3.83. The van der Waals surface area contributed by atoms with E-state index in [0.29, 0.717) is 0 Å². The van der Waals surface area contributed by atoms with Crippen LogP contribution in [0.1, 0.15) is 10.4 Å². The first-order chi connectivity index (χ1) is 11.3. The molecule has 2 aromatic rings. The Morgan fingerprint density at radius 2 is 1.92 bits per heavy atom. The molecule has 0 aliphatic rings. The van der Waals surface area contributed by atoms with E-state index in [4.69, 9.17) is 16.3 Å². The van der Waals surface area contributed by atoms with Gasteiger partial charge in [0.25, 0.3) is 5.91 Å². The van der Waals surface area contributed by atoms with E-state index < -0.39 is 21.7 Å². The van der Waals surface area contributed by atoms with Gasteiger partial charge in [-0.1, -0.05) is 11.6 Å². The number of carbonyl (C=O) groups excluding carboxylic acids is 1. The van der Waals surface area contributed by atoms with Gasteiger partial charge in [0.2, 0.25) is 10.0 Å². The van der Waals surface area contributed by atoms with Gasteiger partial charge in [-0.3, -0.25) is 4.79 Å². The molecule has 2 aromatic carbocycles. The van der Waals surface area contributed by atoms with Crippen molar-refractivity contribution in [3.05, 3.63) is 52.8 Å². The van der Waals surface area contributed by atoms with E-state index in [2.05, 4.69) is 10.0 Å². The second-order valence-corrected chi connectivity index (χ2v) is 6.94. The molecule has 1 amide bonds. The van der Waals surface area contributed by atoms with Crippen LogP contribution in [0.25, 0.3) is 0 Å². The minimum absolute atomic E-state index is 0.0268. The van der Waals surface area contributed by atoms with Crippen LogP contribution in [0.2, 0.25) is 5.02 Å². The van der Waals surface area contributed by atoms with E-state index in [1.165, 1.54) is 38.4 Å². The largest absolute Gasteiger partial charge is 0.495 e. The molecule has 0 aliphatic heterocycles. The molecule has 0 spiro atoms. The van der Waals surface area contributed by atoms with Gasteiger partial charge in [0.1, 0.15) is 16.5 Å². The highest BCUT2D eigenvalue weighted by Gasteiger charge is 2.20. The van der Waals surface area contributed by atoms with Crippen molar-refractivity contribution in [3.63, 3.8) is 0 Å². The highest BCUT2D eigenvalue weighted by atomic mass is 35.5. The fourth-order valence-corrected chi connectivity index (χ4v) is 3.00. The number of methoxy groups -OCH3 is 1. The van der Waals surface area contributed by atoms with Gasteiger partial charge >= 0.3 is 0 Å². The summed E-state index contributed by atoms with van der Waals surface area (Å²) in [4.78, 5) is 12.1. The van der Waals surface area contributed by atoms with Crippen molar-refractivity contribution in [1.29, 1.82) is 0 Å². The van der Waals surface area contributed by atoms with Crippen LogP contribution in [0, 0.1) is 5.82 Å². The van der Waals surface area contributed by atoms with Gasteiger partial charge in [-0.2, -0.15) is 0 Å². The summed E-state index contributed by atoms with van der Waals surface area (Å²) in [6.07, 6.45) is 0. The number of rotatable bonds is 5. The Balaban J connectivity index is 2.38. The van der Waals surface area contributed by atoms with Gasteiger partial charge in [0.05, 0.1) is 12.8 Å². The molecule has 0 heterocycles. The summed E-state index contributed by atoms with van der Waals surface area (Å²) in [6, 6.07) is 7.65. The monoisotopic (exact) mass is 372 g/mol. The van der Waals surface area contributed by atoms with Crippen LogP contribution in [-0.2, 0) is 10.0 Å². The van der Waals surface area contributed by atoms with E-state index in [9.17, 15) is 17.6 Å². The molecule has 0 radical (unpaired) electrons. The molecule has 9 heteroatoms. The fourth-order valence-electron chi connectivity index (χ4n) is 1.92. The third-order valence-corrected chi connectivity index (χ3v) is 4.83. The van der Waals surface area contributed by atoms with Gasteiger partial charge in [-0.15, -0.1) is 0 Å². The standard InChI is InChI=1S/C15H14ClFN2O4S/c1-18-24(21,22)14-7-9(3-6-13(14)23-2)15(20)19-12-5-4-10(16)8-11(12)17/h3-8,18H,1-2H3,(H,19,20). The maximum absolute atomic E-state index is 13.7. The van der Waals surface area contributed by atoms with E-state index in [-0.39, 0.29) is 26.9 Å². The lowest BCUT2D eigenvalue weighted by atomic mass is 10.2. The summed E-state index contributed by atoms with van der Waals surface area (Å²) >= 11 is 5.65. The van der Waals surface area contributed by atoms with Crippen molar-refractivity contribution >= 4 is 33.2 Å². The molecule has 2 N–H and O–H groups in total. The summed E-state index contributed by atoms with van der Waals surface area (Å²) in [7, 11) is -1.28. The number of anilines is 1. The average molecular weight is 373 g/mol. The first-order valence-corrected chi connectivity index (χ1v) is 8.52. The van der Waals surface area contributed by atoms with E-state index >= 15 is 0 Å². The van der Waals surface area contributed by atoms with Crippen LogP contribution in [0.5, 0.6) is 5.75 Å². The molecule has 128 valence electrons. The van der Waals surface area contributed by atoms with Gasteiger partial charge in [-0.05, 0) is 43.4 Å². The molecule has 0 bridgehead atoms. The Morgan fingerprint density at radius 3 is 2.50 bits per heavy atom. The number of sulfonamides is 1. The number of nitrogens with one attached hydrogen (secondary N) is 2. The zero-order valence-electron chi connectivity index (χ0n) is 12.8. The Morgan fingerprint density at radius 1 is 1.21 bits per heavy atom. The van der Waals surface area contributed by atoms with Crippen LogP contribution in [0.4, 0.5) is 10.1 Å². The molecule has 24 heavy (non-hydrogen) atoms. The fraction of sp³-hybridized carbons (Fsp3) is 0.133. The lowest BCUT2D eigenvalue weighted by molar-refractivity contribution is 0.102. The Bertz CT molecular complexity index is 887. The number of hydrogen-bond acceptors (Lipinski definition) is 4. The van der Waals surface area contributed by atoms with Gasteiger partial charge in [-0.25, -0.2) is 17.5 Å². The molecule has 2 rings (SSSR count). The maximum Gasteiger partial charge on any atom is 0.255 e. The Kier molecular flexibility index (Phi) is 5.43. The second kappa shape index (κ2) is 7.16. The Hall–Kier alpha value is -2.16. The molecule has 6 nitrogen and oxygen atoms in total. The molecular weight excluding hydrogens is 359 g/mol. The summed E-state index contributed by atoms with van der Waals surface area (Å²) in [5.74, 6) is -1.29. The molecule has 0 fully saturated rings. The van der Waals surface area contributed by atoms with Gasteiger partial charge < -0.3 is 10.1 Å². The predicted octanol–water partition coefficient (Wildman–Crippen LogP) is 2.65. The molecule has 0 aliphatic carbocycles. The number of amides is 1. The van der Waals surface area contributed by atoms with Crippen molar-refractivity contribution in [2.24, 2.45) is 0 Å². The van der Waals surface area contributed by atoms with Crippen molar-refractivity contribution in [1.82, 2.24) is 4.72 Å². The lowest BCUT2D eigenvalue weighted by Gasteiger charge is -2.11. The van der Waals surface area contributed by atoms with Gasteiger partial charge in [0.15, 0.2) is 0 Å². The van der Waals surface area contributed by atoms with Crippen LogP contribution in [0.15, 0.2) is 41.3 Å². The highest BCUT2D eigenvalue weighted by molar-refractivity contribution is 7.89. The zero-order valence-corrected chi connectivity index (χ0v) is 14.3. The molecule has 0 aromatic heterocycles. The first-order valence-electron chi connectivity index (χ1n) is 6.66. The van der Waals surface area contributed by atoms with Crippen LogP contribution >= 0.6 is 11.6 Å².